The molecule has 0 radical (unpaired) electrons. The Hall–Kier alpha value is -0.910. The highest BCUT2D eigenvalue weighted by Crippen LogP contribution is 2.31. The fraction of sp³-hybridized carbons (Fsp3) is 0.818. The molecule has 1 aliphatic rings. The third kappa shape index (κ3) is 3.80. The molecule has 2 amide bonds. The molecule has 98 valence electrons. The average molecular weight is 260 g/mol. The van der Waals surface area contributed by atoms with Crippen molar-refractivity contribution >= 4 is 23.8 Å². The molecule has 1 aliphatic carbocycles. The molecule has 0 heterocycles. The number of carboxylic acids is 1. The van der Waals surface area contributed by atoms with Gasteiger partial charge in [-0.05, 0) is 31.9 Å². The average Bonchev–Trinajstić information content (AvgIpc) is 2.22. The summed E-state index contributed by atoms with van der Waals surface area (Å²) < 4.78 is 0. The molecule has 0 aromatic rings. The highest BCUT2D eigenvalue weighted by molar-refractivity contribution is 7.99. The van der Waals surface area contributed by atoms with Gasteiger partial charge < -0.3 is 15.7 Å². The number of carbonyl (C=O) groups excluding carboxylic acids is 1. The molecule has 1 unspecified atom stereocenters. The number of amides is 2. The van der Waals surface area contributed by atoms with Crippen LogP contribution in [0.1, 0.15) is 32.6 Å². The number of urea groups is 1. The first-order valence-corrected chi connectivity index (χ1v) is 7.11. The number of rotatable bonds is 6. The normalized spacial score (nSPS) is 18.9. The van der Waals surface area contributed by atoms with Crippen LogP contribution in [0.4, 0.5) is 4.79 Å². The summed E-state index contributed by atoms with van der Waals surface area (Å²) in [4.78, 5) is 22.6. The molecule has 0 bridgehead atoms. The molecule has 5 nitrogen and oxygen atoms in total. The van der Waals surface area contributed by atoms with Crippen molar-refractivity contribution in [1.29, 1.82) is 0 Å². The number of nitrogens with one attached hydrogen (secondary N) is 2. The Labute approximate surface area is 106 Å². The lowest BCUT2D eigenvalue weighted by Crippen LogP contribution is -2.61. The maximum atomic E-state index is 11.5. The maximum absolute atomic E-state index is 11.5. The lowest BCUT2D eigenvalue weighted by atomic mass is 9.77. The zero-order valence-electron chi connectivity index (χ0n) is 10.3. The summed E-state index contributed by atoms with van der Waals surface area (Å²) in [5.74, 6) is -0.934. The van der Waals surface area contributed by atoms with Gasteiger partial charge in [0.2, 0.25) is 0 Å². The number of carboxylic acid groups (broad SMARTS) is 1. The van der Waals surface area contributed by atoms with Crippen molar-refractivity contribution < 1.29 is 14.7 Å². The van der Waals surface area contributed by atoms with E-state index in [1.165, 1.54) is 0 Å². The lowest BCUT2D eigenvalue weighted by Gasteiger charge is -2.38. The Morgan fingerprint density at radius 2 is 2.12 bits per heavy atom. The summed E-state index contributed by atoms with van der Waals surface area (Å²) in [5, 5.41) is 14.8. The molecule has 1 rings (SSSR count). The second-order valence-corrected chi connectivity index (χ2v) is 5.73. The van der Waals surface area contributed by atoms with Gasteiger partial charge >= 0.3 is 12.0 Å². The predicted molar refractivity (Wildman–Crippen MR) is 68.3 cm³/mol. The first-order chi connectivity index (χ1) is 8.00. The van der Waals surface area contributed by atoms with Gasteiger partial charge in [0.1, 0.15) is 5.54 Å². The molecule has 0 aromatic heterocycles. The van der Waals surface area contributed by atoms with Gasteiger partial charge in [-0.3, -0.25) is 0 Å². The number of hydrogen-bond acceptors (Lipinski definition) is 3. The van der Waals surface area contributed by atoms with Crippen molar-refractivity contribution in [2.45, 2.75) is 43.4 Å². The van der Waals surface area contributed by atoms with Crippen LogP contribution in [0.15, 0.2) is 0 Å². The van der Waals surface area contributed by atoms with Gasteiger partial charge in [0.25, 0.3) is 0 Å². The van der Waals surface area contributed by atoms with Crippen molar-refractivity contribution in [2.75, 3.05) is 12.8 Å². The summed E-state index contributed by atoms with van der Waals surface area (Å²) >= 11 is 1.74. The first kappa shape index (κ1) is 14.2. The van der Waals surface area contributed by atoms with Gasteiger partial charge in [-0.25, -0.2) is 9.59 Å². The van der Waals surface area contributed by atoms with Crippen molar-refractivity contribution in [1.82, 2.24) is 10.6 Å². The number of hydrogen-bond donors (Lipinski definition) is 3. The van der Waals surface area contributed by atoms with E-state index in [1.807, 2.05) is 6.26 Å². The first-order valence-electron chi connectivity index (χ1n) is 5.82. The van der Waals surface area contributed by atoms with Crippen LogP contribution in [0.5, 0.6) is 0 Å². The van der Waals surface area contributed by atoms with E-state index in [2.05, 4.69) is 17.6 Å². The molecule has 0 aliphatic heterocycles. The second-order valence-electron chi connectivity index (χ2n) is 4.46. The van der Waals surface area contributed by atoms with E-state index in [-0.39, 0.29) is 6.03 Å². The smallest absolute Gasteiger partial charge is 0.329 e. The van der Waals surface area contributed by atoms with Crippen LogP contribution >= 0.6 is 11.8 Å². The van der Waals surface area contributed by atoms with Crippen molar-refractivity contribution in [2.24, 2.45) is 0 Å². The Bertz CT molecular complexity index is 292. The van der Waals surface area contributed by atoms with Gasteiger partial charge in [-0.1, -0.05) is 6.92 Å². The molecule has 0 spiro atoms. The molecule has 0 saturated heterocycles. The van der Waals surface area contributed by atoms with Gasteiger partial charge in [0.05, 0.1) is 0 Å². The third-order valence-electron chi connectivity index (χ3n) is 3.21. The molecule has 1 saturated carbocycles. The second kappa shape index (κ2) is 6.14. The standard InChI is InChI=1S/C11H20N2O3S/c1-8(17-2)4-7-12-10(16)13-11(9(14)15)5-3-6-11/h8H,3-7H2,1-2H3,(H,14,15)(H2,12,13,16). The molecule has 0 aromatic carbocycles. The molecule has 17 heavy (non-hydrogen) atoms. The SMILES string of the molecule is CSC(C)CCNC(=O)NC1(C(=O)O)CCC1. The summed E-state index contributed by atoms with van der Waals surface area (Å²) in [6.07, 6.45) is 4.82. The fourth-order valence-corrected chi connectivity index (χ4v) is 2.04. The van der Waals surface area contributed by atoms with Crippen LogP contribution in [0.25, 0.3) is 0 Å². The van der Waals surface area contributed by atoms with E-state index in [9.17, 15) is 9.59 Å². The van der Waals surface area contributed by atoms with Crippen LogP contribution in [-0.2, 0) is 4.79 Å². The third-order valence-corrected chi connectivity index (χ3v) is 4.25. The maximum Gasteiger partial charge on any atom is 0.329 e. The summed E-state index contributed by atoms with van der Waals surface area (Å²) in [5.41, 5.74) is -1.02. The van der Waals surface area contributed by atoms with E-state index >= 15 is 0 Å². The number of aliphatic carboxylic acids is 1. The Morgan fingerprint density at radius 1 is 1.47 bits per heavy atom. The van der Waals surface area contributed by atoms with Gasteiger partial charge in [-0.2, -0.15) is 11.8 Å². The van der Waals surface area contributed by atoms with Crippen molar-refractivity contribution in [3.63, 3.8) is 0 Å². The highest BCUT2D eigenvalue weighted by atomic mass is 32.2. The molecule has 3 N–H and O–H groups in total. The van der Waals surface area contributed by atoms with E-state index in [0.717, 1.165) is 12.8 Å². The van der Waals surface area contributed by atoms with Crippen LogP contribution in [0, 0.1) is 0 Å². The summed E-state index contributed by atoms with van der Waals surface area (Å²) in [7, 11) is 0. The minimum atomic E-state index is -1.02. The fourth-order valence-electron chi connectivity index (χ4n) is 1.69. The Morgan fingerprint density at radius 3 is 2.53 bits per heavy atom. The zero-order chi connectivity index (χ0) is 12.9. The van der Waals surface area contributed by atoms with E-state index in [1.54, 1.807) is 11.8 Å². The van der Waals surface area contributed by atoms with E-state index < -0.39 is 11.5 Å². The molecular weight excluding hydrogens is 240 g/mol. The van der Waals surface area contributed by atoms with Gasteiger partial charge in [0, 0.05) is 11.8 Å². The van der Waals surface area contributed by atoms with Crippen LogP contribution in [0.2, 0.25) is 0 Å². The quantitative estimate of drug-likeness (QED) is 0.675. The van der Waals surface area contributed by atoms with E-state index in [4.69, 9.17) is 5.11 Å². The van der Waals surface area contributed by atoms with Crippen LogP contribution in [0.3, 0.4) is 0 Å². The topological polar surface area (TPSA) is 78.4 Å². The van der Waals surface area contributed by atoms with Crippen LogP contribution in [-0.4, -0.2) is 40.7 Å². The van der Waals surface area contributed by atoms with Crippen molar-refractivity contribution in [3.05, 3.63) is 0 Å². The monoisotopic (exact) mass is 260 g/mol. The Balaban J connectivity index is 2.27. The largest absolute Gasteiger partial charge is 0.480 e. The minimum Gasteiger partial charge on any atom is -0.480 e. The van der Waals surface area contributed by atoms with Crippen molar-refractivity contribution in [3.8, 4) is 0 Å². The van der Waals surface area contributed by atoms with Gasteiger partial charge in [0.15, 0.2) is 0 Å². The molecule has 1 fully saturated rings. The molecule has 6 heteroatoms. The van der Waals surface area contributed by atoms with Crippen LogP contribution < -0.4 is 10.6 Å². The predicted octanol–water partition coefficient (Wildman–Crippen LogP) is 1.43. The molecular formula is C11H20N2O3S. The number of thioether (sulfide) groups is 1. The zero-order valence-corrected chi connectivity index (χ0v) is 11.1. The minimum absolute atomic E-state index is 0.375. The summed E-state index contributed by atoms with van der Waals surface area (Å²) in [6.45, 7) is 2.67. The lowest BCUT2D eigenvalue weighted by molar-refractivity contribution is -0.148. The van der Waals surface area contributed by atoms with E-state index in [0.29, 0.717) is 24.6 Å². The van der Waals surface area contributed by atoms with Gasteiger partial charge in [-0.15, -0.1) is 0 Å². The Kier molecular flexibility index (Phi) is 5.11. The molecule has 1 atom stereocenters. The summed E-state index contributed by atoms with van der Waals surface area (Å²) in [6, 6.07) is -0.375. The number of carbonyl (C=O) groups is 2. The highest BCUT2D eigenvalue weighted by Gasteiger charge is 2.45.